The monoisotopic (exact) mass is 406 g/mol. The van der Waals surface area contributed by atoms with E-state index in [2.05, 4.69) is 32.2 Å². The third-order valence-electron chi connectivity index (χ3n) is 3.90. The highest BCUT2D eigenvalue weighted by atomic mass is 79.9. The second-order valence-corrected chi connectivity index (χ2v) is 7.84. The van der Waals surface area contributed by atoms with Crippen LogP contribution in [0, 0.1) is 0 Å². The summed E-state index contributed by atoms with van der Waals surface area (Å²) in [5.41, 5.74) is 2.18. The predicted molar refractivity (Wildman–Crippen MR) is 103 cm³/mol. The summed E-state index contributed by atoms with van der Waals surface area (Å²) in [5, 5.41) is 12.8. The van der Waals surface area contributed by atoms with Gasteiger partial charge in [0.2, 0.25) is 0 Å². The van der Waals surface area contributed by atoms with Crippen molar-refractivity contribution in [1.82, 2.24) is 4.90 Å². The minimum Gasteiger partial charge on any atom is -0.507 e. The molecule has 1 heterocycles. The van der Waals surface area contributed by atoms with Gasteiger partial charge in [0, 0.05) is 41.3 Å². The molecular formula is C18H19BrN2O2S. The first-order valence-corrected chi connectivity index (χ1v) is 9.75. The highest BCUT2D eigenvalue weighted by Gasteiger charge is 2.13. The van der Waals surface area contributed by atoms with Gasteiger partial charge in [0.05, 0.1) is 5.56 Å². The Morgan fingerprint density at radius 2 is 2.00 bits per heavy atom. The van der Waals surface area contributed by atoms with Crippen molar-refractivity contribution in [3.8, 4) is 5.75 Å². The number of thioether (sulfide) groups is 1. The van der Waals surface area contributed by atoms with Crippen LogP contribution in [0.3, 0.4) is 0 Å². The van der Waals surface area contributed by atoms with E-state index in [1.165, 1.54) is 23.1 Å². The van der Waals surface area contributed by atoms with E-state index in [-0.39, 0.29) is 17.2 Å². The van der Waals surface area contributed by atoms with Crippen LogP contribution in [0.5, 0.6) is 5.75 Å². The minimum absolute atomic E-state index is 0.0381. The summed E-state index contributed by atoms with van der Waals surface area (Å²) in [4.78, 5) is 14.8. The van der Waals surface area contributed by atoms with Gasteiger partial charge in [-0.1, -0.05) is 28.1 Å². The molecule has 24 heavy (non-hydrogen) atoms. The van der Waals surface area contributed by atoms with Crippen molar-refractivity contribution in [3.63, 3.8) is 0 Å². The summed E-state index contributed by atoms with van der Waals surface area (Å²) in [6.07, 6.45) is 0. The lowest BCUT2D eigenvalue weighted by Crippen LogP contribution is -2.31. The van der Waals surface area contributed by atoms with E-state index in [9.17, 15) is 9.90 Å². The Hall–Kier alpha value is -1.50. The average Bonchev–Trinajstić information content (AvgIpc) is 2.56. The fourth-order valence-corrected chi connectivity index (χ4v) is 3.99. The van der Waals surface area contributed by atoms with Gasteiger partial charge in [0.1, 0.15) is 5.75 Å². The Labute approximate surface area is 154 Å². The van der Waals surface area contributed by atoms with Crippen LogP contribution in [-0.4, -0.2) is 40.5 Å². The molecule has 0 bridgehead atoms. The molecule has 4 nitrogen and oxygen atoms in total. The number of amides is 1. The molecule has 2 N–H and O–H groups in total. The Kier molecular flexibility index (Phi) is 5.81. The molecule has 1 saturated heterocycles. The van der Waals surface area contributed by atoms with Crippen molar-refractivity contribution in [1.29, 1.82) is 0 Å². The number of carbonyl (C=O) groups is 1. The Balaban J connectivity index is 1.68. The molecular weight excluding hydrogens is 388 g/mol. The van der Waals surface area contributed by atoms with Crippen LogP contribution in [0.1, 0.15) is 15.9 Å². The molecule has 1 fully saturated rings. The van der Waals surface area contributed by atoms with Crippen LogP contribution < -0.4 is 5.32 Å². The van der Waals surface area contributed by atoms with Gasteiger partial charge in [-0.05, 0) is 35.9 Å². The van der Waals surface area contributed by atoms with Gasteiger partial charge in [-0.3, -0.25) is 9.69 Å². The van der Waals surface area contributed by atoms with E-state index in [1.807, 2.05) is 30.0 Å². The molecule has 0 spiro atoms. The summed E-state index contributed by atoms with van der Waals surface area (Å²) >= 11 is 5.27. The lowest BCUT2D eigenvalue weighted by molar-refractivity contribution is 0.102. The van der Waals surface area contributed by atoms with Crippen molar-refractivity contribution in [2.45, 2.75) is 6.54 Å². The summed E-state index contributed by atoms with van der Waals surface area (Å²) in [6.45, 7) is 3.11. The number of halogens is 1. The first kappa shape index (κ1) is 17.3. The average molecular weight is 407 g/mol. The summed E-state index contributed by atoms with van der Waals surface area (Å²) < 4.78 is 0.734. The van der Waals surface area contributed by atoms with Gasteiger partial charge in [0.25, 0.3) is 5.91 Å². The zero-order valence-corrected chi connectivity index (χ0v) is 15.6. The Morgan fingerprint density at radius 3 is 2.75 bits per heavy atom. The number of phenolic OH excluding ortho intramolecular Hbond substituents is 1. The van der Waals surface area contributed by atoms with Gasteiger partial charge >= 0.3 is 0 Å². The molecule has 1 aliphatic heterocycles. The zero-order chi connectivity index (χ0) is 16.9. The number of hydrogen-bond acceptors (Lipinski definition) is 4. The summed E-state index contributed by atoms with van der Waals surface area (Å²) in [5.74, 6) is 2.01. The molecule has 0 radical (unpaired) electrons. The van der Waals surface area contributed by atoms with E-state index < -0.39 is 0 Å². The maximum atomic E-state index is 12.3. The Morgan fingerprint density at radius 1 is 1.21 bits per heavy atom. The van der Waals surface area contributed by atoms with Crippen molar-refractivity contribution < 1.29 is 9.90 Å². The van der Waals surface area contributed by atoms with Gasteiger partial charge < -0.3 is 10.4 Å². The zero-order valence-electron chi connectivity index (χ0n) is 13.2. The number of aromatic hydroxyl groups is 1. The number of phenols is 1. The smallest absolute Gasteiger partial charge is 0.259 e. The SMILES string of the molecule is O=C(Nc1cccc(CN2CCSCC2)c1)c1ccc(Br)cc1O. The van der Waals surface area contributed by atoms with Crippen LogP contribution in [0.15, 0.2) is 46.9 Å². The van der Waals surface area contributed by atoms with Crippen LogP contribution in [0.4, 0.5) is 5.69 Å². The van der Waals surface area contributed by atoms with E-state index >= 15 is 0 Å². The molecule has 0 unspecified atom stereocenters. The van der Waals surface area contributed by atoms with Gasteiger partial charge in [-0.15, -0.1) is 0 Å². The number of benzene rings is 2. The fourth-order valence-electron chi connectivity index (χ4n) is 2.66. The van der Waals surface area contributed by atoms with Crippen molar-refractivity contribution in [2.75, 3.05) is 29.9 Å². The molecule has 2 aromatic carbocycles. The lowest BCUT2D eigenvalue weighted by atomic mass is 10.1. The van der Waals surface area contributed by atoms with Crippen LogP contribution >= 0.6 is 27.7 Å². The number of anilines is 1. The van der Waals surface area contributed by atoms with Gasteiger partial charge in [0.15, 0.2) is 0 Å². The molecule has 0 aromatic heterocycles. The van der Waals surface area contributed by atoms with E-state index in [1.54, 1.807) is 12.1 Å². The van der Waals surface area contributed by atoms with Crippen LogP contribution in [0.2, 0.25) is 0 Å². The largest absolute Gasteiger partial charge is 0.507 e. The first-order valence-electron chi connectivity index (χ1n) is 7.81. The maximum absolute atomic E-state index is 12.3. The second-order valence-electron chi connectivity index (χ2n) is 5.70. The number of rotatable bonds is 4. The molecule has 0 aliphatic carbocycles. The van der Waals surface area contributed by atoms with Crippen LogP contribution in [0.25, 0.3) is 0 Å². The molecule has 1 aliphatic rings. The minimum atomic E-state index is -0.313. The Bertz CT molecular complexity index is 733. The predicted octanol–water partition coefficient (Wildman–Crippen LogP) is 3.96. The number of hydrogen-bond donors (Lipinski definition) is 2. The third-order valence-corrected chi connectivity index (χ3v) is 5.33. The normalized spacial score (nSPS) is 15.2. The van der Waals surface area contributed by atoms with E-state index in [4.69, 9.17) is 0 Å². The highest BCUT2D eigenvalue weighted by molar-refractivity contribution is 9.10. The molecule has 2 aromatic rings. The van der Waals surface area contributed by atoms with Crippen molar-refractivity contribution >= 4 is 39.3 Å². The van der Waals surface area contributed by atoms with E-state index in [0.29, 0.717) is 0 Å². The quantitative estimate of drug-likeness (QED) is 0.806. The summed E-state index contributed by atoms with van der Waals surface area (Å²) in [7, 11) is 0. The molecule has 3 rings (SSSR count). The topological polar surface area (TPSA) is 52.6 Å². The maximum Gasteiger partial charge on any atom is 0.259 e. The second kappa shape index (κ2) is 8.05. The fraction of sp³-hybridized carbons (Fsp3) is 0.278. The number of carbonyl (C=O) groups excluding carboxylic acids is 1. The highest BCUT2D eigenvalue weighted by Crippen LogP contribution is 2.23. The van der Waals surface area contributed by atoms with Gasteiger partial charge in [-0.2, -0.15) is 11.8 Å². The van der Waals surface area contributed by atoms with Crippen molar-refractivity contribution in [2.24, 2.45) is 0 Å². The standard InChI is InChI=1S/C18H19BrN2O2S/c19-14-4-5-16(17(22)11-14)18(23)20-15-3-1-2-13(10-15)12-21-6-8-24-9-7-21/h1-5,10-11,22H,6-9,12H2,(H,20,23). The molecule has 0 saturated carbocycles. The lowest BCUT2D eigenvalue weighted by Gasteiger charge is -2.26. The molecule has 6 heteroatoms. The van der Waals surface area contributed by atoms with E-state index in [0.717, 1.165) is 29.8 Å². The van der Waals surface area contributed by atoms with Crippen LogP contribution in [-0.2, 0) is 6.54 Å². The molecule has 0 atom stereocenters. The van der Waals surface area contributed by atoms with Gasteiger partial charge in [-0.25, -0.2) is 0 Å². The number of nitrogens with one attached hydrogen (secondary N) is 1. The summed E-state index contributed by atoms with van der Waals surface area (Å²) in [6, 6.07) is 12.7. The van der Waals surface area contributed by atoms with Crippen molar-refractivity contribution in [3.05, 3.63) is 58.1 Å². The molecule has 1 amide bonds. The third kappa shape index (κ3) is 4.53. The molecule has 126 valence electrons. The number of nitrogens with zero attached hydrogens (tertiary/aromatic N) is 1. The first-order chi connectivity index (χ1) is 11.6.